The molecule has 0 radical (unpaired) electrons. The number of sulfonamides is 1. The zero-order valence-corrected chi connectivity index (χ0v) is 12.0. The summed E-state index contributed by atoms with van der Waals surface area (Å²) in [5, 5.41) is 3.39. The second-order valence-electron chi connectivity index (χ2n) is 3.69. The Balaban J connectivity index is 2.18. The van der Waals surface area contributed by atoms with Crippen molar-refractivity contribution < 1.29 is 8.42 Å². The SMILES string of the molecule is CNCCCS(=O)(=O)NCC1CSCCS1. The van der Waals surface area contributed by atoms with Crippen molar-refractivity contribution in [3.63, 3.8) is 0 Å². The van der Waals surface area contributed by atoms with Crippen molar-refractivity contribution in [2.45, 2.75) is 11.7 Å². The lowest BCUT2D eigenvalue weighted by molar-refractivity contribution is 0.577. The molecule has 1 heterocycles. The normalized spacial score (nSPS) is 22.2. The van der Waals surface area contributed by atoms with Crippen molar-refractivity contribution in [3.8, 4) is 0 Å². The highest BCUT2D eigenvalue weighted by molar-refractivity contribution is 8.06. The van der Waals surface area contributed by atoms with E-state index in [9.17, 15) is 8.42 Å². The van der Waals surface area contributed by atoms with Gasteiger partial charge in [-0.15, -0.1) is 0 Å². The summed E-state index contributed by atoms with van der Waals surface area (Å²) >= 11 is 3.78. The van der Waals surface area contributed by atoms with E-state index in [1.165, 1.54) is 5.75 Å². The van der Waals surface area contributed by atoms with Crippen LogP contribution in [0.5, 0.6) is 0 Å². The third-order valence-electron chi connectivity index (χ3n) is 2.26. The van der Waals surface area contributed by atoms with Gasteiger partial charge in [-0.05, 0) is 20.0 Å². The van der Waals surface area contributed by atoms with Gasteiger partial charge in [-0.3, -0.25) is 0 Å². The van der Waals surface area contributed by atoms with Crippen LogP contribution in [0.3, 0.4) is 0 Å². The van der Waals surface area contributed by atoms with Crippen LogP contribution >= 0.6 is 23.5 Å². The Morgan fingerprint density at radius 1 is 1.38 bits per heavy atom. The average Bonchev–Trinajstić information content (AvgIpc) is 2.28. The van der Waals surface area contributed by atoms with Crippen LogP contribution in [0.2, 0.25) is 0 Å². The van der Waals surface area contributed by atoms with E-state index >= 15 is 0 Å². The predicted octanol–water partition coefficient (Wildman–Crippen LogP) is 0.364. The fourth-order valence-electron chi connectivity index (χ4n) is 1.39. The second kappa shape index (κ2) is 7.81. The van der Waals surface area contributed by atoms with Crippen molar-refractivity contribution in [3.05, 3.63) is 0 Å². The number of thioether (sulfide) groups is 2. The number of nitrogens with one attached hydrogen (secondary N) is 2. The van der Waals surface area contributed by atoms with E-state index in [-0.39, 0.29) is 5.75 Å². The zero-order chi connectivity index (χ0) is 11.9. The van der Waals surface area contributed by atoms with Crippen LogP contribution in [0.4, 0.5) is 0 Å². The van der Waals surface area contributed by atoms with Gasteiger partial charge in [-0.1, -0.05) is 0 Å². The van der Waals surface area contributed by atoms with Crippen molar-refractivity contribution >= 4 is 33.5 Å². The molecule has 0 amide bonds. The Morgan fingerprint density at radius 2 is 2.19 bits per heavy atom. The van der Waals surface area contributed by atoms with E-state index < -0.39 is 10.0 Å². The lowest BCUT2D eigenvalue weighted by Crippen LogP contribution is -2.35. The minimum atomic E-state index is -3.07. The molecule has 0 bridgehead atoms. The Morgan fingerprint density at radius 3 is 2.81 bits per heavy atom. The molecule has 4 nitrogen and oxygen atoms in total. The maximum Gasteiger partial charge on any atom is 0.211 e. The van der Waals surface area contributed by atoms with Crippen molar-refractivity contribution in [1.29, 1.82) is 0 Å². The summed E-state index contributed by atoms with van der Waals surface area (Å²) in [6.45, 7) is 1.33. The lowest BCUT2D eigenvalue weighted by Gasteiger charge is -2.21. The van der Waals surface area contributed by atoms with Crippen LogP contribution in [0.15, 0.2) is 0 Å². The molecule has 1 atom stereocenters. The molecule has 1 saturated heterocycles. The summed E-state index contributed by atoms with van der Waals surface area (Å²) in [6, 6.07) is 0. The molecule has 96 valence electrons. The van der Waals surface area contributed by atoms with E-state index in [2.05, 4.69) is 10.0 Å². The molecule has 0 spiro atoms. The third kappa shape index (κ3) is 6.34. The molecule has 16 heavy (non-hydrogen) atoms. The van der Waals surface area contributed by atoms with Gasteiger partial charge in [0.1, 0.15) is 0 Å². The molecule has 0 aliphatic carbocycles. The van der Waals surface area contributed by atoms with Gasteiger partial charge in [-0.2, -0.15) is 23.5 Å². The van der Waals surface area contributed by atoms with Gasteiger partial charge in [0.25, 0.3) is 0 Å². The molecule has 0 aromatic rings. The summed E-state index contributed by atoms with van der Waals surface area (Å²) < 4.78 is 25.9. The predicted molar refractivity (Wildman–Crippen MR) is 73.9 cm³/mol. The Kier molecular flexibility index (Phi) is 7.14. The molecule has 0 saturated carbocycles. The van der Waals surface area contributed by atoms with Gasteiger partial charge in [-0.25, -0.2) is 13.1 Å². The molecule has 2 N–H and O–H groups in total. The van der Waals surface area contributed by atoms with Gasteiger partial charge in [0, 0.05) is 29.1 Å². The summed E-state index contributed by atoms with van der Waals surface area (Å²) in [4.78, 5) is 0. The fourth-order valence-corrected chi connectivity index (χ4v) is 5.23. The standard InChI is InChI=1S/C9H20N2O2S3/c1-10-3-2-6-16(12,13)11-7-9-8-14-4-5-15-9/h9-11H,2-8H2,1H3. The molecule has 0 aromatic heterocycles. The fraction of sp³-hybridized carbons (Fsp3) is 1.00. The maximum atomic E-state index is 11.6. The highest BCUT2D eigenvalue weighted by Crippen LogP contribution is 2.23. The topological polar surface area (TPSA) is 58.2 Å². The Hall–Kier alpha value is 0.570. The van der Waals surface area contributed by atoms with Crippen LogP contribution in [0, 0.1) is 0 Å². The minimum absolute atomic E-state index is 0.221. The Labute approximate surface area is 107 Å². The maximum absolute atomic E-state index is 11.6. The molecular formula is C9H20N2O2S3. The van der Waals surface area contributed by atoms with Crippen LogP contribution in [-0.2, 0) is 10.0 Å². The second-order valence-corrected chi connectivity index (χ2v) is 8.18. The van der Waals surface area contributed by atoms with E-state index in [0.29, 0.717) is 18.2 Å². The third-order valence-corrected chi connectivity index (χ3v) is 6.53. The first-order valence-electron chi connectivity index (χ1n) is 5.45. The van der Waals surface area contributed by atoms with Gasteiger partial charge < -0.3 is 5.32 Å². The minimum Gasteiger partial charge on any atom is -0.320 e. The first kappa shape index (κ1) is 14.6. The molecular weight excluding hydrogens is 264 g/mol. The first-order chi connectivity index (χ1) is 7.64. The largest absolute Gasteiger partial charge is 0.320 e. The first-order valence-corrected chi connectivity index (χ1v) is 9.31. The smallest absolute Gasteiger partial charge is 0.211 e. The van der Waals surface area contributed by atoms with Crippen molar-refractivity contribution in [2.75, 3.05) is 43.1 Å². The molecule has 1 unspecified atom stereocenters. The van der Waals surface area contributed by atoms with E-state index in [4.69, 9.17) is 0 Å². The number of hydrogen-bond acceptors (Lipinski definition) is 5. The van der Waals surface area contributed by atoms with E-state index in [1.54, 1.807) is 0 Å². The van der Waals surface area contributed by atoms with Gasteiger partial charge in [0.2, 0.25) is 10.0 Å². The van der Waals surface area contributed by atoms with Crippen LogP contribution in [-0.4, -0.2) is 56.8 Å². The summed E-state index contributed by atoms with van der Waals surface area (Å²) in [5.41, 5.74) is 0. The molecule has 7 heteroatoms. The van der Waals surface area contributed by atoms with Crippen molar-refractivity contribution in [1.82, 2.24) is 10.0 Å². The number of rotatable bonds is 7. The molecule has 1 aliphatic heterocycles. The molecule has 1 fully saturated rings. The van der Waals surface area contributed by atoms with Crippen molar-refractivity contribution in [2.24, 2.45) is 0 Å². The molecule has 1 rings (SSSR count). The monoisotopic (exact) mass is 284 g/mol. The zero-order valence-electron chi connectivity index (χ0n) is 9.57. The van der Waals surface area contributed by atoms with Crippen LogP contribution in [0.25, 0.3) is 0 Å². The summed E-state index contributed by atoms with van der Waals surface area (Å²) in [7, 11) is -1.24. The average molecular weight is 284 g/mol. The highest BCUT2D eigenvalue weighted by atomic mass is 32.2. The van der Waals surface area contributed by atoms with Gasteiger partial charge in [0.05, 0.1) is 5.75 Å². The van der Waals surface area contributed by atoms with Gasteiger partial charge >= 0.3 is 0 Å². The van der Waals surface area contributed by atoms with E-state index in [1.807, 2.05) is 30.6 Å². The Bertz CT molecular complexity index is 276. The molecule has 0 aromatic carbocycles. The number of hydrogen-bond donors (Lipinski definition) is 2. The summed E-state index contributed by atoms with van der Waals surface area (Å²) in [6.07, 6.45) is 0.665. The summed E-state index contributed by atoms with van der Waals surface area (Å²) in [5.74, 6) is 3.61. The lowest BCUT2D eigenvalue weighted by atomic mass is 10.5. The quantitative estimate of drug-likeness (QED) is 0.661. The van der Waals surface area contributed by atoms with Crippen LogP contribution in [0.1, 0.15) is 6.42 Å². The highest BCUT2D eigenvalue weighted by Gasteiger charge is 2.17. The van der Waals surface area contributed by atoms with Gasteiger partial charge in [0.15, 0.2) is 0 Å². The molecule has 1 aliphatic rings. The van der Waals surface area contributed by atoms with E-state index in [0.717, 1.165) is 18.1 Å². The van der Waals surface area contributed by atoms with Crippen LogP contribution < -0.4 is 10.0 Å².